The molecule has 5 rings (SSSR count). The quantitative estimate of drug-likeness (QED) is 0.437. The van der Waals surface area contributed by atoms with E-state index in [1.54, 1.807) is 4.40 Å². The summed E-state index contributed by atoms with van der Waals surface area (Å²) in [5.74, 6) is 0.450. The van der Waals surface area contributed by atoms with Crippen LogP contribution in [0.4, 0.5) is 0 Å². The molecule has 2 aromatic heterocycles. The predicted molar refractivity (Wildman–Crippen MR) is 99.7 cm³/mol. The van der Waals surface area contributed by atoms with E-state index in [4.69, 9.17) is 4.98 Å². The van der Waals surface area contributed by atoms with Crippen LogP contribution in [0, 0.1) is 0 Å². The first kappa shape index (κ1) is 13.9. The van der Waals surface area contributed by atoms with Crippen LogP contribution in [-0.2, 0) is 0 Å². The van der Waals surface area contributed by atoms with E-state index in [-0.39, 0.29) is 5.69 Å². The van der Waals surface area contributed by atoms with Crippen molar-refractivity contribution in [2.45, 2.75) is 0 Å². The highest BCUT2D eigenvalue weighted by Gasteiger charge is 2.13. The van der Waals surface area contributed by atoms with Crippen molar-refractivity contribution in [2.75, 3.05) is 0 Å². The molecule has 3 aromatic carbocycles. The molecular formula is C21H13N3O. The van der Waals surface area contributed by atoms with Crippen LogP contribution in [0.5, 0.6) is 0 Å². The third kappa shape index (κ3) is 2.04. The second-order valence-electron chi connectivity index (χ2n) is 5.92. The summed E-state index contributed by atoms with van der Waals surface area (Å²) in [6.07, 6.45) is 0. The SMILES string of the molecule is O=c1nc(-c2ccccc2)nc2c3ccccc3c3ccccc3n12. The molecule has 4 nitrogen and oxygen atoms in total. The van der Waals surface area contributed by atoms with Gasteiger partial charge < -0.3 is 0 Å². The number of fused-ring (bicyclic) bond motifs is 6. The lowest BCUT2D eigenvalue weighted by Gasteiger charge is -2.11. The maximum absolute atomic E-state index is 12.8. The molecule has 0 fully saturated rings. The predicted octanol–water partition coefficient (Wildman–Crippen LogP) is 4.06. The van der Waals surface area contributed by atoms with Crippen LogP contribution in [-0.4, -0.2) is 14.4 Å². The molecule has 0 spiro atoms. The van der Waals surface area contributed by atoms with Crippen molar-refractivity contribution in [3.8, 4) is 11.4 Å². The zero-order valence-corrected chi connectivity index (χ0v) is 13.3. The smallest absolute Gasteiger partial charge is 0.245 e. The maximum atomic E-state index is 12.8. The number of benzene rings is 3. The highest BCUT2D eigenvalue weighted by Crippen LogP contribution is 2.28. The first-order valence-corrected chi connectivity index (χ1v) is 8.08. The van der Waals surface area contributed by atoms with Crippen LogP contribution in [0.25, 0.3) is 38.7 Å². The van der Waals surface area contributed by atoms with Gasteiger partial charge in [-0.3, -0.25) is 0 Å². The van der Waals surface area contributed by atoms with Crippen molar-refractivity contribution in [3.63, 3.8) is 0 Å². The van der Waals surface area contributed by atoms with Gasteiger partial charge in [0.1, 0.15) is 0 Å². The lowest BCUT2D eigenvalue weighted by atomic mass is 10.1. The van der Waals surface area contributed by atoms with Gasteiger partial charge in [0.25, 0.3) is 0 Å². The first-order chi connectivity index (χ1) is 12.3. The van der Waals surface area contributed by atoms with Crippen molar-refractivity contribution in [1.29, 1.82) is 0 Å². The van der Waals surface area contributed by atoms with E-state index in [1.165, 1.54) is 0 Å². The molecule has 0 aliphatic heterocycles. The molecule has 118 valence electrons. The number of aromatic nitrogens is 3. The molecule has 2 heterocycles. The van der Waals surface area contributed by atoms with Crippen LogP contribution in [0.3, 0.4) is 0 Å². The highest BCUT2D eigenvalue weighted by atomic mass is 16.1. The molecule has 0 saturated carbocycles. The van der Waals surface area contributed by atoms with Crippen LogP contribution >= 0.6 is 0 Å². The number of hydrogen-bond donors (Lipinski definition) is 0. The standard InChI is InChI=1S/C21H13N3O/c25-21-23-19(14-8-2-1-3-9-14)22-20-17-12-5-4-10-15(17)16-11-6-7-13-18(16)24(20)21/h1-13H. The Morgan fingerprint density at radius 3 is 2.08 bits per heavy atom. The van der Waals surface area contributed by atoms with Crippen molar-refractivity contribution in [2.24, 2.45) is 0 Å². The molecule has 0 unspecified atom stereocenters. The van der Waals surface area contributed by atoms with E-state index in [0.29, 0.717) is 11.5 Å². The number of para-hydroxylation sites is 1. The molecule has 5 aromatic rings. The summed E-state index contributed by atoms with van der Waals surface area (Å²) in [4.78, 5) is 21.8. The zero-order valence-electron chi connectivity index (χ0n) is 13.3. The van der Waals surface area contributed by atoms with Crippen molar-refractivity contribution in [1.82, 2.24) is 14.4 Å². The fourth-order valence-electron chi connectivity index (χ4n) is 3.33. The normalized spacial score (nSPS) is 11.4. The summed E-state index contributed by atoms with van der Waals surface area (Å²) in [5, 5.41) is 3.04. The van der Waals surface area contributed by atoms with Crippen LogP contribution in [0.1, 0.15) is 0 Å². The Kier molecular flexibility index (Phi) is 2.91. The molecular weight excluding hydrogens is 310 g/mol. The molecule has 0 atom stereocenters. The topological polar surface area (TPSA) is 47.3 Å². The Hall–Kier alpha value is -3.53. The summed E-state index contributed by atoms with van der Waals surface area (Å²) >= 11 is 0. The minimum absolute atomic E-state index is 0.314. The average molecular weight is 323 g/mol. The number of rotatable bonds is 1. The first-order valence-electron chi connectivity index (χ1n) is 8.08. The van der Waals surface area contributed by atoms with E-state index in [0.717, 1.165) is 27.2 Å². The Bertz CT molecular complexity index is 1310. The molecule has 25 heavy (non-hydrogen) atoms. The Morgan fingerprint density at radius 1 is 0.640 bits per heavy atom. The van der Waals surface area contributed by atoms with Gasteiger partial charge in [0.15, 0.2) is 11.5 Å². The average Bonchev–Trinajstić information content (AvgIpc) is 2.68. The fraction of sp³-hybridized carbons (Fsp3) is 0. The van der Waals surface area contributed by atoms with Crippen molar-refractivity contribution in [3.05, 3.63) is 89.3 Å². The van der Waals surface area contributed by atoms with E-state index >= 15 is 0 Å². The van der Waals surface area contributed by atoms with Crippen LogP contribution in [0.15, 0.2) is 83.7 Å². The number of nitrogens with zero attached hydrogens (tertiary/aromatic N) is 3. The largest absolute Gasteiger partial charge is 0.355 e. The number of pyridine rings is 1. The summed E-state index contributed by atoms with van der Waals surface area (Å²) in [7, 11) is 0. The van der Waals surface area contributed by atoms with E-state index < -0.39 is 0 Å². The van der Waals surface area contributed by atoms with Crippen molar-refractivity contribution >= 4 is 27.3 Å². The van der Waals surface area contributed by atoms with E-state index in [1.807, 2.05) is 72.8 Å². The molecule has 0 bridgehead atoms. The van der Waals surface area contributed by atoms with Crippen molar-refractivity contribution < 1.29 is 0 Å². The van der Waals surface area contributed by atoms with Gasteiger partial charge in [-0.25, -0.2) is 14.2 Å². The van der Waals surface area contributed by atoms with Crippen LogP contribution < -0.4 is 5.69 Å². The molecule has 0 aliphatic carbocycles. The monoisotopic (exact) mass is 323 g/mol. The lowest BCUT2D eigenvalue weighted by Crippen LogP contribution is -2.20. The molecule has 0 amide bonds. The van der Waals surface area contributed by atoms with Gasteiger partial charge in [0.05, 0.1) is 5.52 Å². The molecule has 0 saturated heterocycles. The fourth-order valence-corrected chi connectivity index (χ4v) is 3.33. The third-order valence-electron chi connectivity index (χ3n) is 4.45. The lowest BCUT2D eigenvalue weighted by molar-refractivity contribution is 0.983. The third-order valence-corrected chi connectivity index (χ3v) is 4.45. The van der Waals surface area contributed by atoms with E-state index in [9.17, 15) is 4.79 Å². The summed E-state index contributed by atoms with van der Waals surface area (Å²) in [5.41, 5.74) is 1.97. The molecule has 0 aliphatic rings. The Balaban J connectivity index is 2.03. The Morgan fingerprint density at radius 2 is 1.28 bits per heavy atom. The second kappa shape index (κ2) is 5.24. The minimum atomic E-state index is -0.314. The summed E-state index contributed by atoms with van der Waals surface area (Å²) < 4.78 is 1.60. The molecule has 4 heteroatoms. The van der Waals surface area contributed by atoms with Gasteiger partial charge in [-0.15, -0.1) is 0 Å². The summed E-state index contributed by atoms with van der Waals surface area (Å²) in [6.45, 7) is 0. The van der Waals surface area contributed by atoms with Crippen LogP contribution in [0.2, 0.25) is 0 Å². The summed E-state index contributed by atoms with van der Waals surface area (Å²) in [6, 6.07) is 25.5. The van der Waals surface area contributed by atoms with Gasteiger partial charge >= 0.3 is 5.69 Å². The molecule has 0 N–H and O–H groups in total. The number of hydrogen-bond acceptors (Lipinski definition) is 3. The Labute approximate surface area is 143 Å². The van der Waals surface area contributed by atoms with Gasteiger partial charge in [0.2, 0.25) is 0 Å². The molecule has 0 radical (unpaired) electrons. The van der Waals surface area contributed by atoms with Gasteiger partial charge in [-0.2, -0.15) is 4.98 Å². The van der Waals surface area contributed by atoms with E-state index in [2.05, 4.69) is 11.1 Å². The van der Waals surface area contributed by atoms with Gasteiger partial charge in [-0.05, 0) is 11.5 Å². The maximum Gasteiger partial charge on any atom is 0.355 e. The zero-order chi connectivity index (χ0) is 16.8. The second-order valence-corrected chi connectivity index (χ2v) is 5.92. The van der Waals surface area contributed by atoms with Gasteiger partial charge in [-0.1, -0.05) is 72.8 Å². The highest BCUT2D eigenvalue weighted by molar-refractivity contribution is 6.11. The minimum Gasteiger partial charge on any atom is -0.245 e. The van der Waals surface area contributed by atoms with Gasteiger partial charge in [0, 0.05) is 16.3 Å².